The summed E-state index contributed by atoms with van der Waals surface area (Å²) in [6, 6.07) is 9.82. The highest BCUT2D eigenvalue weighted by molar-refractivity contribution is 5.84. The number of methoxy groups -OCH3 is 1. The number of carbonyl (C=O) groups is 2. The summed E-state index contributed by atoms with van der Waals surface area (Å²) in [6.45, 7) is 5.67. The van der Waals surface area contributed by atoms with Gasteiger partial charge in [-0.15, -0.1) is 0 Å². The van der Waals surface area contributed by atoms with Gasteiger partial charge in [-0.3, -0.25) is 4.79 Å². The van der Waals surface area contributed by atoms with Gasteiger partial charge in [-0.05, 0) is 18.4 Å². The summed E-state index contributed by atoms with van der Waals surface area (Å²) < 4.78 is 4.64. The molecule has 0 heterocycles. The third-order valence-corrected chi connectivity index (χ3v) is 3.40. The molecule has 1 aromatic carbocycles. The van der Waals surface area contributed by atoms with Crippen LogP contribution in [0.1, 0.15) is 39.2 Å². The predicted octanol–water partition coefficient (Wildman–Crippen LogP) is 3.35. The quantitative estimate of drug-likeness (QED) is 0.874. The summed E-state index contributed by atoms with van der Waals surface area (Å²) in [4.78, 5) is 23.6. The number of alkyl carbamates (subject to hydrolysis) is 1. The van der Waals surface area contributed by atoms with Crippen molar-refractivity contribution in [1.82, 2.24) is 5.32 Å². The normalized spacial score (nSPS) is 12.6. The summed E-state index contributed by atoms with van der Waals surface area (Å²) in [5.41, 5.74) is 0.792. The van der Waals surface area contributed by atoms with Crippen LogP contribution in [0.15, 0.2) is 30.3 Å². The number of Topliss-reactive ketones (excluding diaryl/α,β-unsaturated/α-hetero) is 1. The number of hydrogen-bond acceptors (Lipinski definition) is 3. The minimum atomic E-state index is -0.491. The van der Waals surface area contributed by atoms with E-state index in [0.717, 1.165) is 6.42 Å². The molecule has 0 saturated carbocycles. The van der Waals surface area contributed by atoms with E-state index >= 15 is 0 Å². The zero-order valence-corrected chi connectivity index (χ0v) is 13.3. The number of aryl methyl sites for hydroxylation is 1. The fraction of sp³-hybridized carbons (Fsp3) is 0.529. The molecule has 4 nitrogen and oxygen atoms in total. The summed E-state index contributed by atoms with van der Waals surface area (Å²) in [5, 5.41) is 2.76. The summed E-state index contributed by atoms with van der Waals surface area (Å²) in [7, 11) is 1.33. The Balaban J connectivity index is 2.64. The van der Waals surface area contributed by atoms with Crippen LogP contribution in [0.5, 0.6) is 0 Å². The number of ketones is 1. The maximum absolute atomic E-state index is 12.2. The molecule has 1 aromatic rings. The second kappa shape index (κ2) is 7.81. The number of hydrogen-bond donors (Lipinski definition) is 1. The molecule has 0 aliphatic carbocycles. The Labute approximate surface area is 126 Å². The molecule has 0 radical (unpaired) electrons. The number of ether oxygens (including phenoxy) is 1. The Kier molecular flexibility index (Phi) is 6.40. The monoisotopic (exact) mass is 291 g/mol. The van der Waals surface area contributed by atoms with Crippen LogP contribution in [0.2, 0.25) is 0 Å². The topological polar surface area (TPSA) is 55.4 Å². The number of nitrogens with one attached hydrogen (secondary N) is 1. The average Bonchev–Trinajstić information content (AvgIpc) is 2.44. The fourth-order valence-electron chi connectivity index (χ4n) is 1.97. The van der Waals surface area contributed by atoms with Crippen LogP contribution in [-0.4, -0.2) is 25.0 Å². The maximum Gasteiger partial charge on any atom is 0.407 e. The van der Waals surface area contributed by atoms with Gasteiger partial charge in [0.15, 0.2) is 0 Å². The number of rotatable bonds is 6. The van der Waals surface area contributed by atoms with Crippen LogP contribution in [-0.2, 0) is 16.0 Å². The van der Waals surface area contributed by atoms with E-state index in [2.05, 4.69) is 10.1 Å². The van der Waals surface area contributed by atoms with Crippen LogP contribution in [0.25, 0.3) is 0 Å². The van der Waals surface area contributed by atoms with Crippen molar-refractivity contribution in [3.8, 4) is 0 Å². The molecule has 4 heteroatoms. The minimum absolute atomic E-state index is 0.136. The van der Waals surface area contributed by atoms with Crippen molar-refractivity contribution in [2.75, 3.05) is 7.11 Å². The number of amides is 1. The molecule has 0 fully saturated rings. The Bertz CT molecular complexity index is 463. The van der Waals surface area contributed by atoms with Crippen LogP contribution in [0.4, 0.5) is 4.79 Å². The lowest BCUT2D eigenvalue weighted by molar-refractivity contribution is -0.126. The van der Waals surface area contributed by atoms with Crippen molar-refractivity contribution < 1.29 is 14.3 Å². The van der Waals surface area contributed by atoms with E-state index in [1.807, 2.05) is 51.1 Å². The lowest BCUT2D eigenvalue weighted by atomic mass is 9.86. The SMILES string of the molecule is COC(=O)N[C@H](CCc1ccccc1)CC(=O)C(C)(C)C. The standard InChI is InChI=1S/C17H25NO3/c1-17(2,3)15(19)12-14(18-16(20)21-4)11-10-13-8-6-5-7-9-13/h5-9,14H,10-12H2,1-4H3,(H,18,20)/t14-/m1/s1. The Morgan fingerprint density at radius 2 is 1.81 bits per heavy atom. The zero-order valence-electron chi connectivity index (χ0n) is 13.3. The van der Waals surface area contributed by atoms with E-state index < -0.39 is 11.5 Å². The second-order valence-corrected chi connectivity index (χ2v) is 6.23. The lowest BCUT2D eigenvalue weighted by Gasteiger charge is -2.22. The molecule has 0 aliphatic rings. The van der Waals surface area contributed by atoms with Gasteiger partial charge in [0.1, 0.15) is 5.78 Å². The highest BCUT2D eigenvalue weighted by Crippen LogP contribution is 2.19. The third kappa shape index (κ3) is 6.43. The molecule has 0 saturated heterocycles. The molecule has 0 aliphatic heterocycles. The van der Waals surface area contributed by atoms with Gasteiger partial charge in [-0.25, -0.2) is 4.79 Å². The Morgan fingerprint density at radius 1 is 1.19 bits per heavy atom. The molecule has 0 unspecified atom stereocenters. The molecule has 0 bridgehead atoms. The molecule has 1 rings (SSSR count). The van der Waals surface area contributed by atoms with Crippen molar-refractivity contribution in [3.63, 3.8) is 0 Å². The fourth-order valence-corrected chi connectivity index (χ4v) is 1.97. The number of carbonyl (C=O) groups excluding carboxylic acids is 2. The molecule has 1 atom stereocenters. The summed E-state index contributed by atoms with van der Waals surface area (Å²) in [6.07, 6.45) is 1.36. The average molecular weight is 291 g/mol. The van der Waals surface area contributed by atoms with E-state index in [0.29, 0.717) is 12.8 Å². The van der Waals surface area contributed by atoms with Crippen LogP contribution in [0, 0.1) is 5.41 Å². The predicted molar refractivity (Wildman–Crippen MR) is 83.2 cm³/mol. The van der Waals surface area contributed by atoms with Crippen molar-refractivity contribution in [1.29, 1.82) is 0 Å². The molecular weight excluding hydrogens is 266 g/mol. The van der Waals surface area contributed by atoms with Crippen molar-refractivity contribution in [2.24, 2.45) is 5.41 Å². The first-order valence-electron chi connectivity index (χ1n) is 7.24. The first-order chi connectivity index (χ1) is 9.82. The first kappa shape index (κ1) is 17.2. The van der Waals surface area contributed by atoms with Gasteiger partial charge in [0, 0.05) is 17.9 Å². The van der Waals surface area contributed by atoms with Crippen molar-refractivity contribution in [3.05, 3.63) is 35.9 Å². The lowest BCUT2D eigenvalue weighted by Crippen LogP contribution is -2.38. The summed E-state index contributed by atoms with van der Waals surface area (Å²) >= 11 is 0. The third-order valence-electron chi connectivity index (χ3n) is 3.40. The van der Waals surface area contributed by atoms with E-state index in [-0.39, 0.29) is 11.8 Å². The highest BCUT2D eigenvalue weighted by Gasteiger charge is 2.25. The molecule has 1 N–H and O–H groups in total. The van der Waals surface area contributed by atoms with Gasteiger partial charge >= 0.3 is 6.09 Å². The first-order valence-corrected chi connectivity index (χ1v) is 7.24. The molecule has 1 amide bonds. The van der Waals surface area contributed by atoms with Gasteiger partial charge in [0.05, 0.1) is 7.11 Å². The molecule has 0 aromatic heterocycles. The van der Waals surface area contributed by atoms with Crippen LogP contribution >= 0.6 is 0 Å². The van der Waals surface area contributed by atoms with Crippen molar-refractivity contribution in [2.45, 2.75) is 46.1 Å². The van der Waals surface area contributed by atoms with Crippen LogP contribution < -0.4 is 5.32 Å². The van der Waals surface area contributed by atoms with E-state index in [1.165, 1.54) is 12.7 Å². The molecule has 21 heavy (non-hydrogen) atoms. The van der Waals surface area contributed by atoms with Gasteiger partial charge in [0.2, 0.25) is 0 Å². The maximum atomic E-state index is 12.2. The van der Waals surface area contributed by atoms with Crippen molar-refractivity contribution >= 4 is 11.9 Å². The zero-order chi connectivity index (χ0) is 15.9. The second-order valence-electron chi connectivity index (χ2n) is 6.23. The summed E-state index contributed by atoms with van der Waals surface area (Å²) in [5.74, 6) is 0.136. The largest absolute Gasteiger partial charge is 0.453 e. The Morgan fingerprint density at radius 3 is 2.33 bits per heavy atom. The van der Waals surface area contributed by atoms with Gasteiger partial charge in [-0.1, -0.05) is 51.1 Å². The van der Waals surface area contributed by atoms with Gasteiger partial charge in [-0.2, -0.15) is 0 Å². The van der Waals surface area contributed by atoms with E-state index in [9.17, 15) is 9.59 Å². The van der Waals surface area contributed by atoms with E-state index in [1.54, 1.807) is 0 Å². The van der Waals surface area contributed by atoms with E-state index in [4.69, 9.17) is 0 Å². The molecule has 116 valence electrons. The highest BCUT2D eigenvalue weighted by atomic mass is 16.5. The molecule has 0 spiro atoms. The molecular formula is C17H25NO3. The Hall–Kier alpha value is -1.84. The van der Waals surface area contributed by atoms with Gasteiger partial charge < -0.3 is 10.1 Å². The number of benzene rings is 1. The smallest absolute Gasteiger partial charge is 0.407 e. The van der Waals surface area contributed by atoms with Gasteiger partial charge in [0.25, 0.3) is 0 Å². The van der Waals surface area contributed by atoms with Crippen LogP contribution in [0.3, 0.4) is 0 Å². The minimum Gasteiger partial charge on any atom is -0.453 e.